The minimum Gasteiger partial charge on any atom is -0.461 e. The van der Waals surface area contributed by atoms with Gasteiger partial charge < -0.3 is 4.74 Å². The van der Waals surface area contributed by atoms with Crippen molar-refractivity contribution >= 4 is 5.97 Å². The molecule has 0 aliphatic heterocycles. The minimum atomic E-state index is -0.252. The van der Waals surface area contributed by atoms with Crippen molar-refractivity contribution in [2.45, 2.75) is 59.4 Å². The fraction of sp³-hybridized carbons (Fsp3) is 0.750. The zero-order valence-electron chi connectivity index (χ0n) is 12.7. The maximum atomic E-state index is 12.1. The van der Waals surface area contributed by atoms with Crippen LogP contribution in [0.3, 0.4) is 0 Å². The van der Waals surface area contributed by atoms with E-state index in [1.165, 1.54) is 18.5 Å². The number of rotatable bonds is 4. The molecule has 0 saturated heterocycles. The van der Waals surface area contributed by atoms with Crippen LogP contribution < -0.4 is 0 Å². The first kappa shape index (κ1) is 13.7. The predicted octanol–water partition coefficient (Wildman–Crippen LogP) is 2.98. The molecular formula is C16H24N2O2. The van der Waals surface area contributed by atoms with E-state index >= 15 is 0 Å². The van der Waals surface area contributed by atoms with E-state index in [1.807, 2.05) is 6.92 Å². The molecule has 1 heterocycles. The molecule has 4 heteroatoms. The van der Waals surface area contributed by atoms with Crippen LogP contribution in [-0.4, -0.2) is 22.4 Å². The second kappa shape index (κ2) is 4.90. The van der Waals surface area contributed by atoms with Gasteiger partial charge in [0.05, 0.1) is 6.61 Å². The molecule has 0 N–H and O–H groups in total. The van der Waals surface area contributed by atoms with Crippen LogP contribution in [0.15, 0.2) is 0 Å². The van der Waals surface area contributed by atoms with Gasteiger partial charge in [-0.3, -0.25) is 4.68 Å². The van der Waals surface area contributed by atoms with Crippen LogP contribution in [0.4, 0.5) is 0 Å². The van der Waals surface area contributed by atoms with Gasteiger partial charge in [0.1, 0.15) is 0 Å². The number of esters is 1. The molecule has 0 unspecified atom stereocenters. The molecular weight excluding hydrogens is 252 g/mol. The smallest absolute Gasteiger partial charge is 0.359 e. The summed E-state index contributed by atoms with van der Waals surface area (Å²) in [6.07, 6.45) is 5.67. The molecule has 0 amide bonds. The van der Waals surface area contributed by atoms with Crippen molar-refractivity contribution in [1.82, 2.24) is 9.78 Å². The lowest BCUT2D eigenvalue weighted by molar-refractivity contribution is 0.0516. The highest BCUT2D eigenvalue weighted by Gasteiger charge is 2.34. The lowest BCUT2D eigenvalue weighted by Crippen LogP contribution is -2.24. The van der Waals surface area contributed by atoms with Gasteiger partial charge in [-0.05, 0) is 50.4 Å². The summed E-state index contributed by atoms with van der Waals surface area (Å²) in [4.78, 5) is 12.1. The molecule has 4 nitrogen and oxygen atoms in total. The van der Waals surface area contributed by atoms with Gasteiger partial charge in [0.2, 0.25) is 0 Å². The third-order valence-corrected chi connectivity index (χ3v) is 4.46. The third kappa shape index (κ3) is 2.60. The Morgan fingerprint density at radius 1 is 1.45 bits per heavy atom. The first-order chi connectivity index (χ1) is 9.50. The highest BCUT2D eigenvalue weighted by atomic mass is 16.5. The summed E-state index contributed by atoms with van der Waals surface area (Å²) in [5, 5.41) is 4.60. The van der Waals surface area contributed by atoms with Crippen molar-refractivity contribution in [2.75, 3.05) is 6.61 Å². The zero-order valence-corrected chi connectivity index (χ0v) is 12.7. The summed E-state index contributed by atoms with van der Waals surface area (Å²) in [6.45, 7) is 7.82. The van der Waals surface area contributed by atoms with Crippen LogP contribution in [0.2, 0.25) is 0 Å². The van der Waals surface area contributed by atoms with Gasteiger partial charge in [-0.25, -0.2) is 4.79 Å². The molecule has 0 atom stereocenters. The van der Waals surface area contributed by atoms with Crippen molar-refractivity contribution in [3.05, 3.63) is 17.0 Å². The van der Waals surface area contributed by atoms with Crippen LogP contribution in [0.25, 0.3) is 0 Å². The summed E-state index contributed by atoms with van der Waals surface area (Å²) < 4.78 is 7.26. The Bertz CT molecular complexity index is 527. The third-order valence-electron chi connectivity index (χ3n) is 4.46. The first-order valence-corrected chi connectivity index (χ1v) is 7.76. The highest BCUT2D eigenvalue weighted by molar-refractivity contribution is 5.89. The minimum absolute atomic E-state index is 0.252. The van der Waals surface area contributed by atoms with E-state index in [4.69, 9.17) is 4.74 Å². The van der Waals surface area contributed by atoms with Gasteiger partial charge in [0.15, 0.2) is 5.69 Å². The molecule has 0 spiro atoms. The Hall–Kier alpha value is -1.32. The second-order valence-electron chi connectivity index (χ2n) is 6.96. The number of hydrogen-bond acceptors (Lipinski definition) is 3. The number of carbonyl (C=O) groups excluding carboxylic acids is 1. The van der Waals surface area contributed by atoms with Crippen molar-refractivity contribution < 1.29 is 9.53 Å². The molecule has 0 bridgehead atoms. The van der Waals surface area contributed by atoms with Crippen molar-refractivity contribution in [1.29, 1.82) is 0 Å². The molecule has 110 valence electrons. The lowest BCUT2D eigenvalue weighted by atomic mass is 9.76. The molecule has 1 fully saturated rings. The summed E-state index contributed by atoms with van der Waals surface area (Å²) in [7, 11) is 0. The van der Waals surface area contributed by atoms with Crippen molar-refractivity contribution in [2.24, 2.45) is 11.3 Å². The average Bonchev–Trinajstić information content (AvgIpc) is 3.12. The molecule has 20 heavy (non-hydrogen) atoms. The van der Waals surface area contributed by atoms with E-state index in [-0.39, 0.29) is 5.97 Å². The van der Waals surface area contributed by atoms with Crippen LogP contribution in [-0.2, 0) is 24.1 Å². The number of carbonyl (C=O) groups is 1. The van der Waals surface area contributed by atoms with Gasteiger partial charge in [-0.15, -0.1) is 0 Å². The fourth-order valence-corrected chi connectivity index (χ4v) is 3.06. The summed E-state index contributed by atoms with van der Waals surface area (Å²) >= 11 is 0. The van der Waals surface area contributed by atoms with E-state index in [0.29, 0.717) is 17.7 Å². The van der Waals surface area contributed by atoms with Crippen molar-refractivity contribution in [3.63, 3.8) is 0 Å². The molecule has 2 aliphatic rings. The van der Waals surface area contributed by atoms with E-state index in [0.717, 1.165) is 37.3 Å². The van der Waals surface area contributed by atoms with Crippen LogP contribution >= 0.6 is 0 Å². The van der Waals surface area contributed by atoms with Crippen LogP contribution in [0.1, 0.15) is 61.8 Å². The lowest BCUT2D eigenvalue weighted by Gasteiger charge is -2.30. The van der Waals surface area contributed by atoms with E-state index in [9.17, 15) is 4.79 Å². The number of ether oxygens (including phenoxy) is 1. The molecule has 0 aromatic carbocycles. The van der Waals surface area contributed by atoms with E-state index < -0.39 is 0 Å². The topological polar surface area (TPSA) is 44.1 Å². The second-order valence-corrected chi connectivity index (χ2v) is 6.96. The number of hydrogen-bond donors (Lipinski definition) is 0. The molecule has 2 aliphatic carbocycles. The van der Waals surface area contributed by atoms with E-state index in [2.05, 4.69) is 23.6 Å². The Labute approximate surface area is 120 Å². The SMILES string of the molecule is CCOC(=O)c1nn(CC2CC2)c2c1CCC(C)(C)C2. The summed E-state index contributed by atoms with van der Waals surface area (Å²) in [5.41, 5.74) is 3.29. The van der Waals surface area contributed by atoms with Gasteiger partial charge in [0, 0.05) is 17.8 Å². The summed E-state index contributed by atoms with van der Waals surface area (Å²) in [6, 6.07) is 0. The first-order valence-electron chi connectivity index (χ1n) is 7.76. The number of fused-ring (bicyclic) bond motifs is 1. The number of nitrogens with zero attached hydrogens (tertiary/aromatic N) is 2. The zero-order chi connectivity index (χ0) is 14.3. The molecule has 1 aromatic heterocycles. The largest absolute Gasteiger partial charge is 0.461 e. The van der Waals surface area contributed by atoms with Gasteiger partial charge in [-0.1, -0.05) is 13.8 Å². The normalized spacial score (nSPS) is 20.6. The van der Waals surface area contributed by atoms with Gasteiger partial charge >= 0.3 is 5.97 Å². The Morgan fingerprint density at radius 2 is 2.20 bits per heavy atom. The average molecular weight is 276 g/mol. The monoisotopic (exact) mass is 276 g/mol. The molecule has 1 saturated carbocycles. The van der Waals surface area contributed by atoms with Gasteiger partial charge in [0.25, 0.3) is 0 Å². The quantitative estimate of drug-likeness (QED) is 0.794. The maximum Gasteiger partial charge on any atom is 0.359 e. The van der Waals surface area contributed by atoms with Gasteiger partial charge in [-0.2, -0.15) is 5.10 Å². The van der Waals surface area contributed by atoms with Crippen LogP contribution in [0.5, 0.6) is 0 Å². The number of aromatic nitrogens is 2. The van der Waals surface area contributed by atoms with E-state index in [1.54, 1.807) is 0 Å². The van der Waals surface area contributed by atoms with Crippen LogP contribution in [0, 0.1) is 11.3 Å². The Morgan fingerprint density at radius 3 is 2.85 bits per heavy atom. The Kier molecular flexibility index (Phi) is 3.35. The standard InChI is InChI=1S/C16H24N2O2/c1-4-20-15(19)14-12-7-8-16(2,3)9-13(12)18(17-14)10-11-5-6-11/h11H,4-10H2,1-3H3. The molecule has 3 rings (SSSR count). The Balaban J connectivity index is 1.95. The summed E-state index contributed by atoms with van der Waals surface area (Å²) in [5.74, 6) is 0.511. The molecule has 1 aromatic rings. The predicted molar refractivity (Wildman–Crippen MR) is 76.7 cm³/mol. The maximum absolute atomic E-state index is 12.1. The molecule has 0 radical (unpaired) electrons. The highest BCUT2D eigenvalue weighted by Crippen LogP contribution is 2.38. The fourth-order valence-electron chi connectivity index (χ4n) is 3.06. The van der Waals surface area contributed by atoms with Crippen molar-refractivity contribution in [3.8, 4) is 0 Å².